The van der Waals surface area contributed by atoms with Crippen LogP contribution in [-0.2, 0) is 17.6 Å². The minimum atomic E-state index is -0.611. The van der Waals surface area contributed by atoms with E-state index in [1.807, 2.05) is 6.92 Å². The molecule has 2 amide bonds. The molecule has 0 fully saturated rings. The molecule has 0 spiro atoms. The molecule has 1 aliphatic carbocycles. The third kappa shape index (κ3) is 3.38. The zero-order valence-electron chi connectivity index (χ0n) is 14.5. The number of rotatable bonds is 4. The molecule has 0 bridgehead atoms. The van der Waals surface area contributed by atoms with E-state index in [4.69, 9.17) is 5.73 Å². The fourth-order valence-electron chi connectivity index (χ4n) is 3.36. The summed E-state index contributed by atoms with van der Waals surface area (Å²) in [7, 11) is 1.58. The second-order valence-electron chi connectivity index (χ2n) is 7.01. The highest BCUT2D eigenvalue weighted by molar-refractivity contribution is 5.99. The Morgan fingerprint density at radius 1 is 1.17 bits per heavy atom. The molecule has 2 rings (SSSR count). The second kappa shape index (κ2) is 6.07. The van der Waals surface area contributed by atoms with E-state index in [2.05, 4.69) is 37.5 Å². The molecule has 0 heterocycles. The van der Waals surface area contributed by atoms with E-state index in [9.17, 15) is 9.59 Å². The molecule has 1 aromatic carbocycles. The lowest BCUT2D eigenvalue weighted by Crippen LogP contribution is -2.28. The number of nitrogens with two attached hydrogens (primary N) is 1. The summed E-state index contributed by atoms with van der Waals surface area (Å²) in [6, 6.07) is 2.06. The third-order valence-corrected chi connectivity index (χ3v) is 4.39. The lowest BCUT2D eigenvalue weighted by Gasteiger charge is -2.15. The number of fused-ring (bicyclic) bond motifs is 1. The van der Waals surface area contributed by atoms with Crippen molar-refractivity contribution in [3.63, 3.8) is 0 Å². The van der Waals surface area contributed by atoms with E-state index in [0.29, 0.717) is 5.56 Å². The van der Waals surface area contributed by atoms with Crippen LogP contribution in [0.25, 0.3) is 0 Å². The zero-order valence-corrected chi connectivity index (χ0v) is 14.5. The standard InChI is InChI=1S/C18H25N3O2/c1-10-6-11(2)15(13-8-18(3,4)7-12(10)13)17(23)21-9-14(20-5)16(19)22/h6,9,20H,7-8H2,1-5H3,(H2,19,22)(H,21,23)/b14-9+. The quantitative estimate of drug-likeness (QED) is 0.740. The second-order valence-corrected chi connectivity index (χ2v) is 7.01. The van der Waals surface area contributed by atoms with Crippen LogP contribution in [0.15, 0.2) is 18.0 Å². The number of nitrogens with one attached hydrogen (secondary N) is 2. The molecular formula is C18H25N3O2. The Balaban J connectivity index is 2.40. The molecule has 0 atom stereocenters. The van der Waals surface area contributed by atoms with E-state index >= 15 is 0 Å². The summed E-state index contributed by atoms with van der Waals surface area (Å²) < 4.78 is 0. The van der Waals surface area contributed by atoms with Gasteiger partial charge in [-0.1, -0.05) is 19.9 Å². The monoisotopic (exact) mass is 315 g/mol. The maximum Gasteiger partial charge on any atom is 0.266 e. The van der Waals surface area contributed by atoms with Crippen LogP contribution in [0, 0.1) is 19.3 Å². The van der Waals surface area contributed by atoms with Crippen molar-refractivity contribution >= 4 is 11.8 Å². The van der Waals surface area contributed by atoms with Crippen LogP contribution in [0.3, 0.4) is 0 Å². The van der Waals surface area contributed by atoms with Crippen molar-refractivity contribution in [2.45, 2.75) is 40.5 Å². The van der Waals surface area contributed by atoms with Gasteiger partial charge in [0.25, 0.3) is 11.8 Å². The summed E-state index contributed by atoms with van der Waals surface area (Å²) in [4.78, 5) is 23.9. The molecule has 23 heavy (non-hydrogen) atoms. The number of amides is 2. The molecular weight excluding hydrogens is 290 g/mol. The first-order valence-electron chi connectivity index (χ1n) is 7.77. The molecule has 5 nitrogen and oxygen atoms in total. The average Bonchev–Trinajstić information content (AvgIpc) is 2.74. The third-order valence-electron chi connectivity index (χ3n) is 4.39. The van der Waals surface area contributed by atoms with Gasteiger partial charge < -0.3 is 16.4 Å². The van der Waals surface area contributed by atoms with Gasteiger partial charge >= 0.3 is 0 Å². The van der Waals surface area contributed by atoms with Gasteiger partial charge in [-0.05, 0) is 54.4 Å². The van der Waals surface area contributed by atoms with Gasteiger partial charge in [-0.15, -0.1) is 0 Å². The van der Waals surface area contributed by atoms with Gasteiger partial charge in [-0.3, -0.25) is 9.59 Å². The zero-order chi connectivity index (χ0) is 17.4. The smallest absolute Gasteiger partial charge is 0.266 e. The molecule has 0 saturated heterocycles. The number of hydrogen-bond donors (Lipinski definition) is 3. The van der Waals surface area contributed by atoms with Crippen LogP contribution in [-0.4, -0.2) is 18.9 Å². The van der Waals surface area contributed by atoms with Crippen molar-refractivity contribution < 1.29 is 9.59 Å². The predicted molar refractivity (Wildman–Crippen MR) is 90.9 cm³/mol. The van der Waals surface area contributed by atoms with Crippen molar-refractivity contribution in [2.24, 2.45) is 11.1 Å². The minimum absolute atomic E-state index is 0.162. The SMILES string of the molecule is CN/C(=C/NC(=O)c1c(C)cc(C)c2c1CC(C)(C)C2)C(N)=O. The summed E-state index contributed by atoms with van der Waals surface area (Å²) in [5, 5.41) is 5.35. The lowest BCUT2D eigenvalue weighted by molar-refractivity contribution is -0.114. The van der Waals surface area contributed by atoms with Gasteiger partial charge in [0.05, 0.1) is 0 Å². The van der Waals surface area contributed by atoms with Crippen molar-refractivity contribution in [3.05, 3.63) is 45.8 Å². The van der Waals surface area contributed by atoms with E-state index in [0.717, 1.165) is 24.0 Å². The van der Waals surface area contributed by atoms with Crippen molar-refractivity contribution in [1.82, 2.24) is 10.6 Å². The van der Waals surface area contributed by atoms with Crippen molar-refractivity contribution in [3.8, 4) is 0 Å². The van der Waals surface area contributed by atoms with E-state index in [1.54, 1.807) is 7.05 Å². The van der Waals surface area contributed by atoms with E-state index < -0.39 is 5.91 Å². The summed E-state index contributed by atoms with van der Waals surface area (Å²) in [6.07, 6.45) is 3.19. The molecule has 0 saturated carbocycles. The normalized spacial score (nSPS) is 16.0. The highest BCUT2D eigenvalue weighted by Crippen LogP contribution is 2.40. The largest absolute Gasteiger partial charge is 0.382 e. The fraction of sp³-hybridized carbons (Fsp3) is 0.444. The number of primary amides is 1. The average molecular weight is 315 g/mol. The van der Waals surface area contributed by atoms with E-state index in [1.165, 1.54) is 17.3 Å². The summed E-state index contributed by atoms with van der Waals surface area (Å²) in [5.41, 5.74) is 10.9. The first-order chi connectivity index (χ1) is 10.7. The fourth-order valence-corrected chi connectivity index (χ4v) is 3.36. The molecule has 124 valence electrons. The minimum Gasteiger partial charge on any atom is -0.382 e. The molecule has 1 aliphatic rings. The van der Waals surface area contributed by atoms with Gasteiger partial charge in [0.15, 0.2) is 0 Å². The number of benzene rings is 1. The van der Waals surface area contributed by atoms with Crippen LogP contribution in [0.2, 0.25) is 0 Å². The maximum atomic E-state index is 12.7. The van der Waals surface area contributed by atoms with Crippen LogP contribution >= 0.6 is 0 Å². The lowest BCUT2D eigenvalue weighted by atomic mass is 9.89. The number of likely N-dealkylation sites (N-methyl/N-ethyl adjacent to an activating group) is 1. The summed E-state index contributed by atoms with van der Waals surface area (Å²) >= 11 is 0. The highest BCUT2D eigenvalue weighted by Gasteiger charge is 2.33. The van der Waals surface area contributed by atoms with Crippen LogP contribution in [0.4, 0.5) is 0 Å². The summed E-state index contributed by atoms with van der Waals surface area (Å²) in [5.74, 6) is -0.815. The first-order valence-corrected chi connectivity index (χ1v) is 7.77. The Morgan fingerprint density at radius 3 is 2.35 bits per heavy atom. The first kappa shape index (κ1) is 17.1. The van der Waals surface area contributed by atoms with Crippen molar-refractivity contribution in [1.29, 1.82) is 0 Å². The van der Waals surface area contributed by atoms with Gasteiger partial charge in [-0.25, -0.2) is 0 Å². The van der Waals surface area contributed by atoms with Crippen LogP contribution in [0.1, 0.15) is 46.5 Å². The van der Waals surface area contributed by atoms with Crippen LogP contribution < -0.4 is 16.4 Å². The molecule has 5 heteroatoms. The molecule has 1 aromatic rings. The number of carbonyl (C=O) groups is 2. The van der Waals surface area contributed by atoms with Gasteiger partial charge in [0.1, 0.15) is 5.70 Å². The number of aryl methyl sites for hydroxylation is 2. The maximum absolute atomic E-state index is 12.7. The van der Waals surface area contributed by atoms with Crippen molar-refractivity contribution in [2.75, 3.05) is 7.05 Å². The number of hydrogen-bond acceptors (Lipinski definition) is 3. The molecule has 0 radical (unpaired) electrons. The molecule has 0 aromatic heterocycles. The predicted octanol–water partition coefficient (Wildman–Crippen LogP) is 1.70. The topological polar surface area (TPSA) is 84.2 Å². The van der Waals surface area contributed by atoms with Gasteiger partial charge in [0.2, 0.25) is 0 Å². The van der Waals surface area contributed by atoms with Gasteiger partial charge in [-0.2, -0.15) is 0 Å². The number of carbonyl (C=O) groups excluding carboxylic acids is 2. The molecule has 0 unspecified atom stereocenters. The Labute approximate surface area is 137 Å². The van der Waals surface area contributed by atoms with Crippen LogP contribution in [0.5, 0.6) is 0 Å². The Morgan fingerprint density at radius 2 is 1.78 bits per heavy atom. The Bertz CT molecular complexity index is 703. The summed E-state index contributed by atoms with van der Waals surface area (Å²) in [6.45, 7) is 8.48. The van der Waals surface area contributed by atoms with Gasteiger partial charge in [0, 0.05) is 18.8 Å². The molecule has 0 aliphatic heterocycles. The molecule has 4 N–H and O–H groups in total. The Kier molecular flexibility index (Phi) is 4.50. The highest BCUT2D eigenvalue weighted by atomic mass is 16.2. The Hall–Kier alpha value is -2.30. The van der Waals surface area contributed by atoms with E-state index in [-0.39, 0.29) is 17.0 Å².